The zero-order valence-electron chi connectivity index (χ0n) is 14.7. The molecule has 1 atom stereocenters. The topological polar surface area (TPSA) is 71.4 Å². The van der Waals surface area contributed by atoms with Gasteiger partial charge in [0, 0.05) is 28.3 Å². The molecule has 4 rings (SSSR count). The molecule has 0 radical (unpaired) electrons. The molecule has 7 heteroatoms. The van der Waals surface area contributed by atoms with Crippen molar-refractivity contribution in [2.75, 3.05) is 13.2 Å². The van der Waals surface area contributed by atoms with Gasteiger partial charge in [0.25, 0.3) is 5.91 Å². The van der Waals surface area contributed by atoms with Gasteiger partial charge in [-0.2, -0.15) is 0 Å². The summed E-state index contributed by atoms with van der Waals surface area (Å²) in [4.78, 5) is 22.0. The first kappa shape index (κ1) is 16.9. The van der Waals surface area contributed by atoms with Crippen LogP contribution in [-0.4, -0.2) is 40.9 Å². The van der Waals surface area contributed by atoms with Gasteiger partial charge in [0.1, 0.15) is 6.61 Å². The van der Waals surface area contributed by atoms with E-state index in [0.29, 0.717) is 31.9 Å². The van der Waals surface area contributed by atoms with Crippen LogP contribution in [0.2, 0.25) is 0 Å². The van der Waals surface area contributed by atoms with Crippen molar-refractivity contribution in [3.63, 3.8) is 0 Å². The van der Waals surface area contributed by atoms with E-state index in [2.05, 4.69) is 11.2 Å². The van der Waals surface area contributed by atoms with E-state index in [1.54, 1.807) is 22.3 Å². The maximum Gasteiger partial charge on any atom is 0.267 e. The number of carbonyl (C=O) groups is 1. The van der Waals surface area contributed by atoms with Gasteiger partial charge in [0.2, 0.25) is 6.10 Å². The Morgan fingerprint density at radius 3 is 2.88 bits per heavy atom. The molecular formula is C19H20N2O4S. The van der Waals surface area contributed by atoms with Crippen molar-refractivity contribution < 1.29 is 19.5 Å². The third kappa shape index (κ3) is 3.14. The van der Waals surface area contributed by atoms with Crippen LogP contribution in [0.1, 0.15) is 23.8 Å². The fourth-order valence-electron chi connectivity index (χ4n) is 3.25. The number of phenols is 1. The van der Waals surface area contributed by atoms with E-state index in [4.69, 9.17) is 9.57 Å². The Morgan fingerprint density at radius 2 is 2.19 bits per heavy atom. The van der Waals surface area contributed by atoms with Crippen LogP contribution < -0.4 is 4.74 Å². The summed E-state index contributed by atoms with van der Waals surface area (Å²) < 4.78 is 5.73. The number of aryl methyl sites for hydroxylation is 1. The normalized spacial score (nSPS) is 19.2. The standard InChI is InChI=1S/C19H20N2O4S/c1-11-7-16(25-20-11)19(23)21-5-6-24-18-14(10-21)8-13(9-15(18)22)17-4-3-12(2)26-17/h3-4,8-9,16,22H,5-7,10H2,1-2H3. The van der Waals surface area contributed by atoms with E-state index < -0.39 is 6.10 Å². The molecule has 2 aromatic rings. The average Bonchev–Trinajstić information content (AvgIpc) is 3.17. The van der Waals surface area contributed by atoms with Gasteiger partial charge in [-0.05, 0) is 43.7 Å². The third-order valence-corrected chi connectivity index (χ3v) is 5.59. The molecule has 0 saturated carbocycles. The van der Waals surface area contributed by atoms with Gasteiger partial charge in [-0.25, -0.2) is 0 Å². The number of thiophene rings is 1. The van der Waals surface area contributed by atoms with E-state index in [1.807, 2.05) is 26.0 Å². The molecule has 2 aliphatic heterocycles. The molecule has 2 aliphatic rings. The Labute approximate surface area is 155 Å². The van der Waals surface area contributed by atoms with Gasteiger partial charge < -0.3 is 19.6 Å². The number of phenolic OH excluding ortho intramolecular Hbond substituents is 1. The Morgan fingerprint density at radius 1 is 1.35 bits per heavy atom. The second-order valence-electron chi connectivity index (χ2n) is 6.63. The lowest BCUT2D eigenvalue weighted by molar-refractivity contribution is -0.142. The van der Waals surface area contributed by atoms with Crippen LogP contribution in [0.4, 0.5) is 0 Å². The molecular weight excluding hydrogens is 352 g/mol. The number of rotatable bonds is 2. The lowest BCUT2D eigenvalue weighted by Gasteiger charge is -2.22. The highest BCUT2D eigenvalue weighted by molar-refractivity contribution is 7.15. The number of oxime groups is 1. The summed E-state index contributed by atoms with van der Waals surface area (Å²) in [5.41, 5.74) is 2.55. The zero-order valence-corrected chi connectivity index (χ0v) is 15.5. The predicted octanol–water partition coefficient (Wildman–Crippen LogP) is 3.31. The number of amides is 1. The number of benzene rings is 1. The molecule has 1 unspecified atom stereocenters. The molecule has 136 valence electrons. The first-order chi connectivity index (χ1) is 12.5. The zero-order chi connectivity index (χ0) is 18.3. The summed E-state index contributed by atoms with van der Waals surface area (Å²) >= 11 is 1.67. The minimum Gasteiger partial charge on any atom is -0.504 e. The number of ether oxygens (including phenoxy) is 1. The molecule has 0 spiro atoms. The van der Waals surface area contributed by atoms with Crippen LogP contribution in [0, 0.1) is 6.92 Å². The van der Waals surface area contributed by atoms with Gasteiger partial charge in [-0.1, -0.05) is 5.16 Å². The molecule has 0 aliphatic carbocycles. The molecule has 0 fully saturated rings. The van der Waals surface area contributed by atoms with Crippen molar-refractivity contribution in [3.05, 3.63) is 34.7 Å². The van der Waals surface area contributed by atoms with E-state index in [-0.39, 0.29) is 11.7 Å². The van der Waals surface area contributed by atoms with Gasteiger partial charge in [-0.15, -0.1) is 11.3 Å². The predicted molar refractivity (Wildman–Crippen MR) is 99.7 cm³/mol. The van der Waals surface area contributed by atoms with Crippen molar-refractivity contribution in [2.45, 2.75) is 32.9 Å². The number of aromatic hydroxyl groups is 1. The van der Waals surface area contributed by atoms with Crippen LogP contribution in [0.25, 0.3) is 10.4 Å². The summed E-state index contributed by atoms with van der Waals surface area (Å²) in [6.07, 6.45) is -0.0451. The van der Waals surface area contributed by atoms with E-state index in [1.165, 1.54) is 4.88 Å². The maximum absolute atomic E-state index is 12.8. The minimum absolute atomic E-state index is 0.0982. The first-order valence-corrected chi connectivity index (χ1v) is 9.36. The quantitative estimate of drug-likeness (QED) is 0.878. The molecule has 1 amide bonds. The van der Waals surface area contributed by atoms with Crippen molar-refractivity contribution in [3.8, 4) is 21.9 Å². The first-order valence-electron chi connectivity index (χ1n) is 8.55. The molecule has 1 aromatic carbocycles. The number of hydrogen-bond acceptors (Lipinski definition) is 6. The Hall–Kier alpha value is -2.54. The highest BCUT2D eigenvalue weighted by Crippen LogP contribution is 2.39. The lowest BCUT2D eigenvalue weighted by Crippen LogP contribution is -2.40. The minimum atomic E-state index is -0.562. The smallest absolute Gasteiger partial charge is 0.267 e. The summed E-state index contributed by atoms with van der Waals surface area (Å²) in [6, 6.07) is 7.80. The average molecular weight is 372 g/mol. The Balaban J connectivity index is 1.62. The monoisotopic (exact) mass is 372 g/mol. The van der Waals surface area contributed by atoms with E-state index in [9.17, 15) is 9.90 Å². The van der Waals surface area contributed by atoms with Gasteiger partial charge in [0.05, 0.1) is 12.3 Å². The molecule has 26 heavy (non-hydrogen) atoms. The summed E-state index contributed by atoms with van der Waals surface area (Å²) in [6.45, 7) is 5.04. The fraction of sp³-hybridized carbons (Fsp3) is 0.368. The number of hydrogen-bond donors (Lipinski definition) is 1. The largest absolute Gasteiger partial charge is 0.504 e. The Kier molecular flexibility index (Phi) is 4.32. The molecule has 0 bridgehead atoms. The highest BCUT2D eigenvalue weighted by atomic mass is 32.1. The molecule has 3 heterocycles. The number of nitrogens with zero attached hydrogens (tertiary/aromatic N) is 2. The molecule has 6 nitrogen and oxygen atoms in total. The van der Waals surface area contributed by atoms with E-state index in [0.717, 1.165) is 21.7 Å². The lowest BCUT2D eigenvalue weighted by atomic mass is 10.1. The van der Waals surface area contributed by atoms with Crippen LogP contribution in [0.5, 0.6) is 11.5 Å². The molecule has 1 aromatic heterocycles. The van der Waals surface area contributed by atoms with Crippen molar-refractivity contribution >= 4 is 23.0 Å². The second kappa shape index (κ2) is 6.64. The third-order valence-electron chi connectivity index (χ3n) is 4.54. The van der Waals surface area contributed by atoms with Gasteiger partial charge >= 0.3 is 0 Å². The van der Waals surface area contributed by atoms with Crippen molar-refractivity contribution in [1.82, 2.24) is 4.90 Å². The number of fused-ring (bicyclic) bond motifs is 1. The van der Waals surface area contributed by atoms with Gasteiger partial charge in [-0.3, -0.25) is 4.79 Å². The van der Waals surface area contributed by atoms with Crippen LogP contribution in [0.15, 0.2) is 29.4 Å². The summed E-state index contributed by atoms with van der Waals surface area (Å²) in [5, 5.41) is 14.3. The SMILES string of the molecule is CC1=NOC(C(=O)N2CCOc3c(O)cc(-c4ccc(C)s4)cc3C2)C1. The summed E-state index contributed by atoms with van der Waals surface area (Å²) in [7, 11) is 0. The molecule has 1 N–H and O–H groups in total. The summed E-state index contributed by atoms with van der Waals surface area (Å²) in [5.74, 6) is 0.463. The van der Waals surface area contributed by atoms with Crippen molar-refractivity contribution in [2.24, 2.45) is 5.16 Å². The van der Waals surface area contributed by atoms with Gasteiger partial charge in [0.15, 0.2) is 11.5 Å². The van der Waals surface area contributed by atoms with Crippen LogP contribution in [0.3, 0.4) is 0 Å². The van der Waals surface area contributed by atoms with Crippen LogP contribution in [-0.2, 0) is 16.2 Å². The molecule has 0 saturated heterocycles. The van der Waals surface area contributed by atoms with Crippen molar-refractivity contribution in [1.29, 1.82) is 0 Å². The fourth-order valence-corrected chi connectivity index (χ4v) is 4.11. The van der Waals surface area contributed by atoms with Crippen LogP contribution >= 0.6 is 11.3 Å². The Bertz CT molecular complexity index is 890. The number of carbonyl (C=O) groups excluding carboxylic acids is 1. The highest BCUT2D eigenvalue weighted by Gasteiger charge is 2.32. The van der Waals surface area contributed by atoms with E-state index >= 15 is 0 Å². The maximum atomic E-state index is 12.8. The second-order valence-corrected chi connectivity index (χ2v) is 7.91.